The van der Waals surface area contributed by atoms with Crippen LogP contribution in [0, 0.1) is 0 Å². The Hall–Kier alpha value is -1.78. The minimum atomic E-state index is 0.0301. The highest BCUT2D eigenvalue weighted by Crippen LogP contribution is 2.32. The molecule has 0 spiro atoms. The number of hydrogen-bond donors (Lipinski definition) is 1. The van der Waals surface area contributed by atoms with Crippen LogP contribution in [0.3, 0.4) is 0 Å². The van der Waals surface area contributed by atoms with Gasteiger partial charge in [-0.25, -0.2) is 0 Å². The first kappa shape index (κ1) is 14.8. The number of nitrogens with zero attached hydrogens (tertiary/aromatic N) is 1. The van der Waals surface area contributed by atoms with Crippen LogP contribution in [0.15, 0.2) is 46.9 Å². The van der Waals surface area contributed by atoms with Gasteiger partial charge in [-0.2, -0.15) is 0 Å². The summed E-state index contributed by atoms with van der Waals surface area (Å²) in [5, 5.41) is 1.77. The third kappa shape index (κ3) is 2.56. The van der Waals surface area contributed by atoms with Crippen LogP contribution in [0.5, 0.6) is 0 Å². The van der Waals surface area contributed by atoms with Crippen molar-refractivity contribution >= 4 is 44.3 Å². The van der Waals surface area contributed by atoms with Crippen molar-refractivity contribution in [2.45, 2.75) is 13.0 Å². The molecule has 2 aromatic carbocycles. The lowest BCUT2D eigenvalue weighted by Crippen LogP contribution is -2.35. The number of carbonyl (C=O) groups is 1. The molecular weight excluding hydrogens is 376 g/mol. The Balaban J connectivity index is 1.70. The molecule has 0 unspecified atom stereocenters. The topological polar surface area (TPSA) is 36.1 Å². The second-order valence-electron chi connectivity index (χ2n) is 5.73. The molecule has 2 heterocycles. The van der Waals surface area contributed by atoms with Crippen molar-refractivity contribution in [1.82, 2.24) is 9.88 Å². The molecule has 5 heteroatoms. The summed E-state index contributed by atoms with van der Waals surface area (Å²) in [6, 6.07) is 13.3. The van der Waals surface area contributed by atoms with E-state index in [-0.39, 0.29) is 5.91 Å². The van der Waals surface area contributed by atoms with Crippen molar-refractivity contribution < 1.29 is 4.79 Å². The van der Waals surface area contributed by atoms with E-state index in [1.165, 1.54) is 16.6 Å². The average molecular weight is 390 g/mol. The van der Waals surface area contributed by atoms with E-state index in [0.29, 0.717) is 23.7 Å². The van der Waals surface area contributed by atoms with Crippen LogP contribution < -0.4 is 0 Å². The van der Waals surface area contributed by atoms with Crippen LogP contribution in [-0.4, -0.2) is 22.3 Å². The summed E-state index contributed by atoms with van der Waals surface area (Å²) in [6.07, 6.45) is 0.836. The van der Waals surface area contributed by atoms with Gasteiger partial charge in [-0.15, -0.1) is 0 Å². The van der Waals surface area contributed by atoms with E-state index < -0.39 is 0 Å². The van der Waals surface area contributed by atoms with Crippen molar-refractivity contribution in [3.63, 3.8) is 0 Å². The quantitative estimate of drug-likeness (QED) is 0.638. The fourth-order valence-corrected chi connectivity index (χ4v) is 3.84. The Morgan fingerprint density at radius 3 is 2.87 bits per heavy atom. The zero-order chi connectivity index (χ0) is 16.0. The third-order valence-corrected chi connectivity index (χ3v) is 5.21. The Morgan fingerprint density at radius 2 is 2.04 bits per heavy atom. The summed E-state index contributed by atoms with van der Waals surface area (Å²) in [5.74, 6) is 0.0301. The number of benzene rings is 2. The molecular formula is C18H14BrClN2O. The number of rotatable bonds is 1. The Labute approximate surface area is 147 Å². The minimum Gasteiger partial charge on any atom is -0.357 e. The molecule has 1 aromatic heterocycles. The van der Waals surface area contributed by atoms with Crippen molar-refractivity contribution in [3.05, 3.63) is 68.8 Å². The summed E-state index contributed by atoms with van der Waals surface area (Å²) < 4.78 is 1.05. The van der Waals surface area contributed by atoms with E-state index in [9.17, 15) is 4.79 Å². The molecule has 3 aromatic rings. The summed E-state index contributed by atoms with van der Waals surface area (Å²) >= 11 is 9.59. The van der Waals surface area contributed by atoms with Gasteiger partial charge < -0.3 is 9.88 Å². The summed E-state index contributed by atoms with van der Waals surface area (Å²) in [6.45, 7) is 1.33. The molecule has 3 nitrogen and oxygen atoms in total. The lowest BCUT2D eigenvalue weighted by molar-refractivity contribution is 0.0735. The van der Waals surface area contributed by atoms with Crippen molar-refractivity contribution in [1.29, 1.82) is 0 Å². The second-order valence-corrected chi connectivity index (χ2v) is 7.02. The van der Waals surface area contributed by atoms with E-state index in [1.807, 2.05) is 29.2 Å². The summed E-state index contributed by atoms with van der Waals surface area (Å²) in [7, 11) is 0. The molecule has 23 heavy (non-hydrogen) atoms. The van der Waals surface area contributed by atoms with Crippen LogP contribution in [0.25, 0.3) is 10.9 Å². The van der Waals surface area contributed by atoms with Gasteiger partial charge in [-0.3, -0.25) is 4.79 Å². The number of nitrogens with one attached hydrogen (secondary N) is 1. The standard InChI is InChI=1S/C18H14BrClN2O/c19-15-6-2-5-13-14-10-22(8-7-16(14)21-17(13)15)18(23)11-3-1-4-12(20)9-11/h1-6,9,21H,7-8,10H2. The number of para-hydroxylation sites is 1. The van der Waals surface area contributed by atoms with E-state index in [4.69, 9.17) is 11.6 Å². The van der Waals surface area contributed by atoms with Gasteiger partial charge in [0.2, 0.25) is 0 Å². The van der Waals surface area contributed by atoms with Crippen molar-refractivity contribution in [2.75, 3.05) is 6.54 Å². The maximum Gasteiger partial charge on any atom is 0.254 e. The van der Waals surface area contributed by atoms with Gasteiger partial charge in [0.25, 0.3) is 5.91 Å². The predicted molar refractivity (Wildman–Crippen MR) is 95.9 cm³/mol. The number of halogens is 2. The second kappa shape index (κ2) is 5.69. The van der Waals surface area contributed by atoms with Gasteiger partial charge in [0.15, 0.2) is 0 Å². The first-order valence-corrected chi connectivity index (χ1v) is 8.63. The van der Waals surface area contributed by atoms with E-state index in [0.717, 1.165) is 16.4 Å². The molecule has 116 valence electrons. The maximum absolute atomic E-state index is 12.7. The molecule has 0 aliphatic carbocycles. The lowest BCUT2D eigenvalue weighted by Gasteiger charge is -2.27. The monoisotopic (exact) mass is 388 g/mol. The van der Waals surface area contributed by atoms with Crippen LogP contribution in [0.1, 0.15) is 21.6 Å². The predicted octanol–water partition coefficient (Wildman–Crippen LogP) is 4.78. The highest BCUT2D eigenvalue weighted by atomic mass is 79.9. The van der Waals surface area contributed by atoms with Gasteiger partial charge in [-0.05, 0) is 40.2 Å². The van der Waals surface area contributed by atoms with Gasteiger partial charge >= 0.3 is 0 Å². The zero-order valence-electron chi connectivity index (χ0n) is 12.3. The number of carbonyl (C=O) groups excluding carboxylic acids is 1. The van der Waals surface area contributed by atoms with E-state index >= 15 is 0 Å². The normalized spacial score (nSPS) is 14.1. The fraction of sp³-hybridized carbons (Fsp3) is 0.167. The number of fused-ring (bicyclic) bond motifs is 3. The highest BCUT2D eigenvalue weighted by Gasteiger charge is 2.25. The molecule has 1 aliphatic heterocycles. The number of amides is 1. The first-order valence-electron chi connectivity index (χ1n) is 7.46. The molecule has 1 amide bonds. The Morgan fingerprint density at radius 1 is 1.22 bits per heavy atom. The van der Waals surface area contributed by atoms with Crippen LogP contribution in [0.4, 0.5) is 0 Å². The number of hydrogen-bond acceptors (Lipinski definition) is 1. The molecule has 0 saturated carbocycles. The van der Waals surface area contributed by atoms with Crippen molar-refractivity contribution in [2.24, 2.45) is 0 Å². The molecule has 4 rings (SSSR count). The average Bonchev–Trinajstić information content (AvgIpc) is 2.93. The Bertz CT molecular complexity index is 919. The molecule has 0 bridgehead atoms. The number of H-pyrrole nitrogens is 1. The number of aromatic amines is 1. The zero-order valence-corrected chi connectivity index (χ0v) is 14.6. The molecule has 0 atom stereocenters. The Kier molecular flexibility index (Phi) is 3.66. The van der Waals surface area contributed by atoms with Gasteiger partial charge in [-0.1, -0.05) is 29.8 Å². The van der Waals surface area contributed by atoms with E-state index in [1.54, 1.807) is 12.1 Å². The fourth-order valence-electron chi connectivity index (χ4n) is 3.18. The minimum absolute atomic E-state index is 0.0301. The van der Waals surface area contributed by atoms with Crippen LogP contribution >= 0.6 is 27.5 Å². The van der Waals surface area contributed by atoms with Crippen LogP contribution in [-0.2, 0) is 13.0 Å². The van der Waals surface area contributed by atoms with Crippen molar-refractivity contribution in [3.8, 4) is 0 Å². The lowest BCUT2D eigenvalue weighted by atomic mass is 10.0. The molecule has 1 aliphatic rings. The summed E-state index contributed by atoms with van der Waals surface area (Å²) in [4.78, 5) is 18.1. The largest absolute Gasteiger partial charge is 0.357 e. The van der Waals surface area contributed by atoms with Crippen LogP contribution in [0.2, 0.25) is 5.02 Å². The van der Waals surface area contributed by atoms with Gasteiger partial charge in [0, 0.05) is 51.2 Å². The molecule has 0 radical (unpaired) electrons. The number of aromatic nitrogens is 1. The summed E-state index contributed by atoms with van der Waals surface area (Å²) in [5.41, 5.74) is 4.18. The molecule has 1 N–H and O–H groups in total. The SMILES string of the molecule is O=C(c1cccc(Cl)c1)N1CCc2[nH]c3c(Br)cccc3c2C1. The third-order valence-electron chi connectivity index (χ3n) is 4.32. The van der Waals surface area contributed by atoms with Gasteiger partial charge in [0.1, 0.15) is 0 Å². The molecule has 0 saturated heterocycles. The first-order chi connectivity index (χ1) is 11.1. The smallest absolute Gasteiger partial charge is 0.254 e. The van der Waals surface area contributed by atoms with Gasteiger partial charge in [0.05, 0.1) is 5.52 Å². The van der Waals surface area contributed by atoms with E-state index in [2.05, 4.69) is 27.0 Å². The maximum atomic E-state index is 12.7. The highest BCUT2D eigenvalue weighted by molar-refractivity contribution is 9.10. The molecule has 0 fully saturated rings.